The number of carbonyl (C=O) groups is 1. The average Bonchev–Trinajstić information content (AvgIpc) is 2.66. The normalized spacial score (nSPS) is 10.7. The Morgan fingerprint density at radius 1 is 1.60 bits per heavy atom. The highest BCUT2D eigenvalue weighted by atomic mass is 32.2. The van der Waals surface area contributed by atoms with Crippen LogP contribution in [0.25, 0.3) is 0 Å². The largest absolute Gasteiger partial charge is 0.469 e. The van der Waals surface area contributed by atoms with Crippen molar-refractivity contribution in [1.82, 2.24) is 10.2 Å². The van der Waals surface area contributed by atoms with Gasteiger partial charge in [0.25, 0.3) is 11.1 Å². The minimum Gasteiger partial charge on any atom is -0.469 e. The second kappa shape index (κ2) is 5.64. The number of nitrogens with zero attached hydrogens (tertiary/aromatic N) is 2. The monoisotopic (exact) mass is 238 g/mol. The molecular weight excluding hydrogens is 230 g/mol. The van der Waals surface area contributed by atoms with Gasteiger partial charge in [0.1, 0.15) is 0 Å². The summed E-state index contributed by atoms with van der Waals surface area (Å²) in [7, 11) is 1.27. The Hall–Kier alpha value is -1.18. The average molecular weight is 238 g/mol. The summed E-state index contributed by atoms with van der Waals surface area (Å²) in [4.78, 5) is 10.7. The van der Waals surface area contributed by atoms with Crippen LogP contribution in [0.1, 0.15) is 18.7 Å². The smallest absolute Gasteiger partial charge is 0.314 e. The van der Waals surface area contributed by atoms with Crippen LogP contribution < -0.4 is 0 Å². The summed E-state index contributed by atoms with van der Waals surface area (Å²) in [6, 6.07) is 0. The molecular formula is C7H8F2N2O3S. The van der Waals surface area contributed by atoms with Crippen LogP contribution in [0.5, 0.6) is 0 Å². The zero-order valence-corrected chi connectivity index (χ0v) is 8.59. The molecule has 0 bridgehead atoms. The van der Waals surface area contributed by atoms with Crippen molar-refractivity contribution in [3.8, 4) is 0 Å². The van der Waals surface area contributed by atoms with Gasteiger partial charge < -0.3 is 9.15 Å². The second-order valence-electron chi connectivity index (χ2n) is 2.38. The van der Waals surface area contributed by atoms with Crippen LogP contribution in [0.3, 0.4) is 0 Å². The number of aromatic nitrogens is 2. The summed E-state index contributed by atoms with van der Waals surface area (Å²) in [5, 5.41) is 6.53. The molecule has 5 nitrogen and oxygen atoms in total. The molecule has 0 aliphatic rings. The number of alkyl halides is 2. The molecule has 0 radical (unpaired) electrons. The fraction of sp³-hybridized carbons (Fsp3) is 0.571. The van der Waals surface area contributed by atoms with E-state index in [0.29, 0.717) is 5.75 Å². The van der Waals surface area contributed by atoms with Crippen molar-refractivity contribution in [3.63, 3.8) is 0 Å². The number of esters is 1. The molecule has 0 aromatic carbocycles. The highest BCUT2D eigenvalue weighted by Gasteiger charge is 2.16. The van der Waals surface area contributed by atoms with Gasteiger partial charge in [-0.3, -0.25) is 4.79 Å². The maximum atomic E-state index is 12.0. The van der Waals surface area contributed by atoms with Crippen LogP contribution in [0.2, 0.25) is 0 Å². The van der Waals surface area contributed by atoms with E-state index in [1.54, 1.807) is 0 Å². The summed E-state index contributed by atoms with van der Waals surface area (Å²) >= 11 is 1.03. The van der Waals surface area contributed by atoms with Crippen molar-refractivity contribution in [2.75, 3.05) is 12.9 Å². The van der Waals surface area contributed by atoms with E-state index in [2.05, 4.69) is 19.4 Å². The number of thioether (sulfide) groups is 1. The van der Waals surface area contributed by atoms with E-state index in [-0.39, 0.29) is 17.6 Å². The standard InChI is InChI=1S/C7H8F2N2O3S/c1-13-4(12)2-3-15-7-11-10-6(14-7)5(8)9/h5H,2-3H2,1H3. The Morgan fingerprint density at radius 2 is 2.33 bits per heavy atom. The van der Waals surface area contributed by atoms with Crippen molar-refractivity contribution in [1.29, 1.82) is 0 Å². The summed E-state index contributed by atoms with van der Waals surface area (Å²) in [6.07, 6.45) is -2.61. The van der Waals surface area contributed by atoms with Gasteiger partial charge in [0.05, 0.1) is 13.5 Å². The Morgan fingerprint density at radius 3 is 2.87 bits per heavy atom. The Kier molecular flexibility index (Phi) is 4.47. The summed E-state index contributed by atoms with van der Waals surface area (Å²) in [5.74, 6) is -0.746. The van der Waals surface area contributed by atoms with E-state index in [9.17, 15) is 13.6 Å². The molecule has 0 aliphatic heterocycles. The molecule has 1 rings (SSSR count). The van der Waals surface area contributed by atoms with Crippen LogP contribution >= 0.6 is 11.8 Å². The van der Waals surface area contributed by atoms with E-state index in [1.807, 2.05) is 0 Å². The lowest BCUT2D eigenvalue weighted by atomic mass is 10.5. The molecule has 0 spiro atoms. The van der Waals surface area contributed by atoms with Crippen LogP contribution in [0, 0.1) is 0 Å². The zero-order chi connectivity index (χ0) is 11.3. The number of rotatable bonds is 5. The van der Waals surface area contributed by atoms with Gasteiger partial charge in [0.15, 0.2) is 0 Å². The number of halogens is 2. The molecule has 84 valence electrons. The van der Waals surface area contributed by atoms with Crippen molar-refractivity contribution in [3.05, 3.63) is 5.89 Å². The van der Waals surface area contributed by atoms with Gasteiger partial charge in [-0.1, -0.05) is 11.8 Å². The minimum absolute atomic E-state index is 0.0224. The van der Waals surface area contributed by atoms with Crippen molar-refractivity contribution in [2.45, 2.75) is 18.1 Å². The summed E-state index contributed by atoms with van der Waals surface area (Å²) < 4.78 is 33.0. The van der Waals surface area contributed by atoms with Crippen LogP contribution in [-0.4, -0.2) is 29.0 Å². The molecule has 0 unspecified atom stereocenters. The first kappa shape index (κ1) is 11.9. The van der Waals surface area contributed by atoms with Gasteiger partial charge >= 0.3 is 12.4 Å². The third-order valence-corrected chi connectivity index (χ3v) is 2.19. The number of methoxy groups -OCH3 is 1. The van der Waals surface area contributed by atoms with Gasteiger partial charge in [0, 0.05) is 5.75 Å². The lowest BCUT2D eigenvalue weighted by Crippen LogP contribution is -2.00. The molecule has 0 saturated heterocycles. The van der Waals surface area contributed by atoms with E-state index in [4.69, 9.17) is 0 Å². The number of hydrogen-bond acceptors (Lipinski definition) is 6. The van der Waals surface area contributed by atoms with Crippen LogP contribution in [-0.2, 0) is 9.53 Å². The van der Waals surface area contributed by atoms with Gasteiger partial charge in [-0.15, -0.1) is 10.2 Å². The molecule has 1 aromatic heterocycles. The highest BCUT2D eigenvalue weighted by Crippen LogP contribution is 2.22. The van der Waals surface area contributed by atoms with Gasteiger partial charge in [-0.2, -0.15) is 8.78 Å². The number of carbonyl (C=O) groups excluding carboxylic acids is 1. The predicted octanol–water partition coefficient (Wildman–Crippen LogP) is 1.66. The van der Waals surface area contributed by atoms with Crippen molar-refractivity contribution < 1.29 is 22.7 Å². The van der Waals surface area contributed by atoms with E-state index >= 15 is 0 Å². The van der Waals surface area contributed by atoms with Crippen LogP contribution in [0.4, 0.5) is 8.78 Å². The predicted molar refractivity (Wildman–Crippen MR) is 46.6 cm³/mol. The van der Waals surface area contributed by atoms with Crippen LogP contribution in [0.15, 0.2) is 9.64 Å². The van der Waals surface area contributed by atoms with E-state index in [0.717, 1.165) is 11.8 Å². The Labute approximate surface area is 88.2 Å². The maximum Gasteiger partial charge on any atom is 0.314 e. The fourth-order valence-corrected chi connectivity index (χ4v) is 1.38. The third-order valence-electron chi connectivity index (χ3n) is 1.37. The second-order valence-corrected chi connectivity index (χ2v) is 3.43. The zero-order valence-electron chi connectivity index (χ0n) is 7.77. The molecule has 0 atom stereocenters. The van der Waals surface area contributed by atoms with E-state index < -0.39 is 12.3 Å². The molecule has 0 fully saturated rings. The molecule has 0 N–H and O–H groups in total. The van der Waals surface area contributed by atoms with Crippen molar-refractivity contribution >= 4 is 17.7 Å². The number of ether oxygens (including phenoxy) is 1. The third kappa shape index (κ3) is 3.82. The quantitative estimate of drug-likeness (QED) is 0.574. The van der Waals surface area contributed by atoms with Gasteiger partial charge in [0.2, 0.25) is 0 Å². The molecule has 0 aliphatic carbocycles. The molecule has 1 heterocycles. The lowest BCUT2D eigenvalue weighted by Gasteiger charge is -1.95. The number of hydrogen-bond donors (Lipinski definition) is 0. The maximum absolute atomic E-state index is 12.0. The minimum atomic E-state index is -2.77. The Bertz CT molecular complexity index is 332. The van der Waals surface area contributed by atoms with Gasteiger partial charge in [-0.25, -0.2) is 0 Å². The molecule has 0 saturated carbocycles. The highest BCUT2D eigenvalue weighted by molar-refractivity contribution is 7.99. The first-order valence-corrected chi connectivity index (χ1v) is 4.93. The fourth-order valence-electron chi connectivity index (χ4n) is 0.691. The summed E-state index contributed by atoms with van der Waals surface area (Å²) in [5.41, 5.74) is 0. The lowest BCUT2D eigenvalue weighted by molar-refractivity contribution is -0.140. The molecule has 8 heteroatoms. The first-order chi connectivity index (χ1) is 7.13. The van der Waals surface area contributed by atoms with E-state index in [1.165, 1.54) is 7.11 Å². The molecule has 0 amide bonds. The van der Waals surface area contributed by atoms with Crippen molar-refractivity contribution in [2.24, 2.45) is 0 Å². The summed E-state index contributed by atoms with van der Waals surface area (Å²) in [6.45, 7) is 0. The first-order valence-electron chi connectivity index (χ1n) is 3.94. The SMILES string of the molecule is COC(=O)CCSc1nnc(C(F)F)o1. The molecule has 15 heavy (non-hydrogen) atoms. The Balaban J connectivity index is 2.34. The molecule has 1 aromatic rings. The van der Waals surface area contributed by atoms with Gasteiger partial charge in [-0.05, 0) is 0 Å². The topological polar surface area (TPSA) is 65.2 Å².